The van der Waals surface area contributed by atoms with E-state index in [2.05, 4.69) is 61.5 Å². The number of pyridine rings is 1. The molecule has 2 heterocycles. The van der Waals surface area contributed by atoms with Crippen LogP contribution in [0.25, 0.3) is 17.0 Å². The maximum Gasteiger partial charge on any atom is 0.219 e. The Kier molecular flexibility index (Phi) is 1.78. The molecule has 1 aliphatic heterocycles. The molecule has 0 amide bonds. The summed E-state index contributed by atoms with van der Waals surface area (Å²) in [4.78, 5) is 0. The minimum atomic E-state index is 1.08. The molecule has 1 aromatic heterocycles. The quantitative estimate of drug-likeness (QED) is 0.500. The van der Waals surface area contributed by atoms with Crippen molar-refractivity contribution in [3.63, 3.8) is 0 Å². The third kappa shape index (κ3) is 1.15. The molecule has 0 saturated carbocycles. The Morgan fingerprint density at radius 3 is 2.50 bits per heavy atom. The van der Waals surface area contributed by atoms with Crippen LogP contribution in [-0.4, -0.2) is 0 Å². The van der Waals surface area contributed by atoms with Crippen LogP contribution in [0.2, 0.25) is 0 Å². The molecule has 1 nitrogen and oxygen atoms in total. The largest absolute Gasteiger partial charge is 0.219 e. The number of hydrogen-bond acceptors (Lipinski definition) is 0. The Hall–Kier alpha value is -1.89. The molecule has 1 heteroatoms. The number of aromatic nitrogens is 1. The van der Waals surface area contributed by atoms with Crippen molar-refractivity contribution in [2.75, 3.05) is 0 Å². The molecule has 0 N–H and O–H groups in total. The van der Waals surface area contributed by atoms with Gasteiger partial charge in [-0.15, -0.1) is 0 Å². The first kappa shape index (κ1) is 9.34. The third-order valence-electron chi connectivity index (χ3n) is 3.15. The molecule has 0 atom stereocenters. The van der Waals surface area contributed by atoms with E-state index in [-0.39, 0.29) is 0 Å². The molecule has 3 rings (SSSR count). The highest BCUT2D eigenvalue weighted by Crippen LogP contribution is 2.32. The fourth-order valence-electron chi connectivity index (χ4n) is 2.30. The van der Waals surface area contributed by atoms with Crippen LogP contribution in [0.15, 0.2) is 43.1 Å². The fraction of sp³-hybridized carbons (Fsp3) is 0.133. The molecular weight excluding hydrogens is 194 g/mol. The predicted molar refractivity (Wildman–Crippen MR) is 66.0 cm³/mol. The number of benzene rings is 1. The third-order valence-corrected chi connectivity index (χ3v) is 3.15. The van der Waals surface area contributed by atoms with Crippen LogP contribution in [0.1, 0.15) is 16.7 Å². The van der Waals surface area contributed by atoms with Crippen LogP contribution in [0.5, 0.6) is 0 Å². The van der Waals surface area contributed by atoms with Crippen LogP contribution in [-0.2, 0) is 0 Å². The van der Waals surface area contributed by atoms with Crippen molar-refractivity contribution in [3.8, 4) is 11.3 Å². The van der Waals surface area contributed by atoms with E-state index in [0.29, 0.717) is 0 Å². The maximum atomic E-state index is 4.18. The van der Waals surface area contributed by atoms with Crippen molar-refractivity contribution in [2.45, 2.75) is 13.8 Å². The molecule has 1 aliphatic rings. The SMILES string of the molecule is C=C1c2cc(C)ccc2-c2ccc(C)c[n+]21. The van der Waals surface area contributed by atoms with Crippen LogP contribution < -0.4 is 4.57 Å². The highest BCUT2D eigenvalue weighted by molar-refractivity contribution is 5.80. The number of fused-ring (bicyclic) bond motifs is 3. The van der Waals surface area contributed by atoms with Gasteiger partial charge < -0.3 is 0 Å². The molecule has 0 spiro atoms. The second kappa shape index (κ2) is 3.05. The average molecular weight is 208 g/mol. The van der Waals surface area contributed by atoms with Crippen molar-refractivity contribution in [1.82, 2.24) is 0 Å². The van der Waals surface area contributed by atoms with Crippen molar-refractivity contribution in [3.05, 3.63) is 59.8 Å². The Morgan fingerprint density at radius 1 is 0.938 bits per heavy atom. The van der Waals surface area contributed by atoms with Gasteiger partial charge in [-0.1, -0.05) is 11.6 Å². The van der Waals surface area contributed by atoms with E-state index in [9.17, 15) is 0 Å². The van der Waals surface area contributed by atoms with E-state index in [0.717, 1.165) is 5.70 Å². The first-order valence-corrected chi connectivity index (χ1v) is 5.50. The summed E-state index contributed by atoms with van der Waals surface area (Å²) in [5, 5.41) is 0. The zero-order valence-electron chi connectivity index (χ0n) is 9.62. The Balaban J connectivity index is 2.34. The summed E-state index contributed by atoms with van der Waals surface area (Å²) in [6, 6.07) is 10.9. The van der Waals surface area contributed by atoms with Crippen LogP contribution >= 0.6 is 0 Å². The molecule has 0 bridgehead atoms. The van der Waals surface area contributed by atoms with Crippen LogP contribution in [0.3, 0.4) is 0 Å². The van der Waals surface area contributed by atoms with Crippen molar-refractivity contribution < 1.29 is 4.57 Å². The minimum Gasteiger partial charge on any atom is -0.160 e. The monoisotopic (exact) mass is 208 g/mol. The molecule has 0 unspecified atom stereocenters. The molecule has 78 valence electrons. The number of hydrogen-bond donors (Lipinski definition) is 0. The summed E-state index contributed by atoms with van der Waals surface area (Å²) in [5.74, 6) is 0. The van der Waals surface area contributed by atoms with Gasteiger partial charge in [-0.05, 0) is 38.6 Å². The zero-order valence-corrected chi connectivity index (χ0v) is 9.62. The van der Waals surface area contributed by atoms with Crippen LogP contribution in [0.4, 0.5) is 0 Å². The lowest BCUT2D eigenvalue weighted by atomic mass is 10.0. The lowest BCUT2D eigenvalue weighted by Gasteiger charge is -1.95. The first-order valence-electron chi connectivity index (χ1n) is 5.50. The topological polar surface area (TPSA) is 3.88 Å². The summed E-state index contributed by atoms with van der Waals surface area (Å²) in [6.45, 7) is 8.41. The lowest BCUT2D eigenvalue weighted by Crippen LogP contribution is -2.30. The normalized spacial score (nSPS) is 12.5. The van der Waals surface area contributed by atoms with Crippen LogP contribution in [0, 0.1) is 13.8 Å². The highest BCUT2D eigenvalue weighted by atomic mass is 15.0. The highest BCUT2D eigenvalue weighted by Gasteiger charge is 2.30. The Morgan fingerprint density at radius 2 is 1.69 bits per heavy atom. The van der Waals surface area contributed by atoms with Crippen molar-refractivity contribution in [1.29, 1.82) is 0 Å². The Bertz CT molecular complexity index is 555. The van der Waals surface area contributed by atoms with Crippen molar-refractivity contribution in [2.24, 2.45) is 0 Å². The maximum absolute atomic E-state index is 4.18. The lowest BCUT2D eigenvalue weighted by molar-refractivity contribution is -0.563. The standard InChI is InChI=1S/C15H14N/c1-10-4-6-13-14(8-10)12(3)16-9-11(2)5-7-15(13)16/h4-9H,3H2,1-2H3/q+1. The van der Waals surface area contributed by atoms with E-state index in [1.54, 1.807) is 0 Å². The van der Waals surface area contributed by atoms with Crippen molar-refractivity contribution >= 4 is 5.70 Å². The van der Waals surface area contributed by atoms with Gasteiger partial charge in [0.15, 0.2) is 6.20 Å². The molecule has 0 saturated heterocycles. The van der Waals surface area contributed by atoms with E-state index in [4.69, 9.17) is 0 Å². The van der Waals surface area contributed by atoms with Gasteiger partial charge in [-0.25, -0.2) is 0 Å². The number of rotatable bonds is 0. The molecule has 1 aromatic carbocycles. The molecule has 16 heavy (non-hydrogen) atoms. The molecular formula is C15H14N+. The van der Waals surface area contributed by atoms with Gasteiger partial charge in [0.2, 0.25) is 11.4 Å². The van der Waals surface area contributed by atoms with Gasteiger partial charge in [0, 0.05) is 11.6 Å². The molecule has 0 radical (unpaired) electrons. The van der Waals surface area contributed by atoms with E-state index in [1.165, 1.54) is 27.9 Å². The summed E-state index contributed by atoms with van der Waals surface area (Å²) in [6.07, 6.45) is 2.15. The fourth-order valence-corrected chi connectivity index (χ4v) is 2.30. The molecule has 0 aliphatic carbocycles. The van der Waals surface area contributed by atoms with Gasteiger partial charge in [0.1, 0.15) is 0 Å². The van der Waals surface area contributed by atoms with E-state index < -0.39 is 0 Å². The van der Waals surface area contributed by atoms with E-state index in [1.807, 2.05) is 0 Å². The summed E-state index contributed by atoms with van der Waals surface area (Å²) >= 11 is 0. The average Bonchev–Trinajstić information content (AvgIpc) is 2.53. The summed E-state index contributed by atoms with van der Waals surface area (Å²) in [7, 11) is 0. The number of aryl methyl sites for hydroxylation is 2. The molecule has 0 fully saturated rings. The summed E-state index contributed by atoms with van der Waals surface area (Å²) in [5.41, 5.74) is 7.41. The van der Waals surface area contributed by atoms with Gasteiger partial charge in [-0.2, -0.15) is 4.57 Å². The predicted octanol–water partition coefficient (Wildman–Crippen LogP) is 3.09. The second-order valence-electron chi connectivity index (χ2n) is 4.46. The zero-order chi connectivity index (χ0) is 11.3. The minimum absolute atomic E-state index is 1.08. The van der Waals surface area contributed by atoms with Gasteiger partial charge in [0.25, 0.3) is 0 Å². The van der Waals surface area contributed by atoms with Gasteiger partial charge in [-0.3, -0.25) is 0 Å². The summed E-state index contributed by atoms with van der Waals surface area (Å²) < 4.78 is 2.18. The van der Waals surface area contributed by atoms with Gasteiger partial charge in [0.05, 0.1) is 11.1 Å². The Labute approximate surface area is 95.7 Å². The van der Waals surface area contributed by atoms with Gasteiger partial charge >= 0.3 is 0 Å². The number of nitrogens with zero attached hydrogens (tertiary/aromatic N) is 1. The first-order chi connectivity index (χ1) is 7.66. The van der Waals surface area contributed by atoms with E-state index >= 15 is 0 Å². The smallest absolute Gasteiger partial charge is 0.160 e. The molecule has 2 aromatic rings. The second-order valence-corrected chi connectivity index (χ2v) is 4.46.